The molecule has 1 aromatic carbocycles. The van der Waals surface area contributed by atoms with Crippen LogP contribution in [0.1, 0.15) is 24.8 Å². The number of nitrogens with two attached hydrogens (primary N) is 1. The smallest absolute Gasteiger partial charge is 0.196 e. The minimum Gasteiger partial charge on any atom is -0.370 e. The summed E-state index contributed by atoms with van der Waals surface area (Å²) in [7, 11) is 0. The van der Waals surface area contributed by atoms with Crippen molar-refractivity contribution < 1.29 is 0 Å². The second kappa shape index (κ2) is 5.08. The predicted octanol–water partition coefficient (Wildman–Crippen LogP) is 2.85. The Kier molecular flexibility index (Phi) is 3.28. The van der Waals surface area contributed by atoms with E-state index in [1.54, 1.807) is 0 Å². The van der Waals surface area contributed by atoms with Crippen molar-refractivity contribution in [3.8, 4) is 0 Å². The predicted molar refractivity (Wildman–Crippen MR) is 80.4 cm³/mol. The molecule has 2 atom stereocenters. The highest BCUT2D eigenvalue weighted by molar-refractivity contribution is 5.97. The number of aliphatic imine (C=N–C) groups is 1. The molecular weight excluding hydrogens is 234 g/mol. The molecule has 0 spiro atoms. The highest BCUT2D eigenvalue weighted by atomic mass is 15.3. The maximum absolute atomic E-state index is 6.13. The van der Waals surface area contributed by atoms with Gasteiger partial charge in [0.25, 0.3) is 0 Å². The van der Waals surface area contributed by atoms with Crippen molar-refractivity contribution in [3.63, 3.8) is 0 Å². The first-order valence-electron chi connectivity index (χ1n) is 7.07. The Bertz CT molecular complexity index is 518. The van der Waals surface area contributed by atoms with E-state index in [4.69, 9.17) is 5.73 Å². The number of hydrogen-bond acceptors (Lipinski definition) is 3. The SMILES string of the molecule is Cc1ccccc1N1C(N)=NCC1C1CC=CCC1. The molecule has 0 fully saturated rings. The molecular formula is C16H21N3. The van der Waals surface area contributed by atoms with E-state index in [1.165, 1.54) is 24.1 Å². The van der Waals surface area contributed by atoms with Gasteiger partial charge in [-0.1, -0.05) is 30.4 Å². The van der Waals surface area contributed by atoms with Gasteiger partial charge in [0.1, 0.15) is 0 Å². The zero-order chi connectivity index (χ0) is 13.2. The van der Waals surface area contributed by atoms with E-state index in [0.717, 1.165) is 13.0 Å². The second-order valence-corrected chi connectivity index (χ2v) is 5.47. The number of rotatable bonds is 2. The first-order chi connectivity index (χ1) is 9.27. The van der Waals surface area contributed by atoms with Gasteiger partial charge in [-0.15, -0.1) is 0 Å². The second-order valence-electron chi connectivity index (χ2n) is 5.47. The van der Waals surface area contributed by atoms with Crippen LogP contribution in [0.5, 0.6) is 0 Å². The standard InChI is InChI=1S/C16H21N3/c1-12-7-5-6-10-14(12)19-15(11-18-16(19)17)13-8-3-2-4-9-13/h2-3,5-7,10,13,15H,4,8-9,11H2,1H3,(H2,17,18). The van der Waals surface area contributed by atoms with E-state index >= 15 is 0 Å². The summed E-state index contributed by atoms with van der Waals surface area (Å²) in [6.45, 7) is 2.97. The van der Waals surface area contributed by atoms with Crippen LogP contribution in [0.3, 0.4) is 0 Å². The Hall–Kier alpha value is -1.77. The van der Waals surface area contributed by atoms with Crippen LogP contribution in [-0.4, -0.2) is 18.5 Å². The van der Waals surface area contributed by atoms with Crippen LogP contribution in [-0.2, 0) is 0 Å². The van der Waals surface area contributed by atoms with Gasteiger partial charge in [0, 0.05) is 5.69 Å². The van der Waals surface area contributed by atoms with Gasteiger partial charge < -0.3 is 10.6 Å². The van der Waals surface area contributed by atoms with Crippen LogP contribution >= 0.6 is 0 Å². The molecule has 3 rings (SSSR count). The molecule has 1 aromatic rings. The van der Waals surface area contributed by atoms with Crippen LogP contribution in [0.2, 0.25) is 0 Å². The average Bonchev–Trinajstić information content (AvgIpc) is 2.82. The fraction of sp³-hybridized carbons (Fsp3) is 0.438. The molecule has 1 heterocycles. The Labute approximate surface area is 114 Å². The third kappa shape index (κ3) is 2.25. The number of hydrogen-bond donors (Lipinski definition) is 1. The molecule has 0 aromatic heterocycles. The number of guanidine groups is 1. The molecule has 3 nitrogen and oxygen atoms in total. The third-order valence-electron chi connectivity index (χ3n) is 4.25. The van der Waals surface area contributed by atoms with Crippen LogP contribution in [0.4, 0.5) is 5.69 Å². The first kappa shape index (κ1) is 12.3. The monoisotopic (exact) mass is 255 g/mol. The Morgan fingerprint density at radius 2 is 2.11 bits per heavy atom. The van der Waals surface area contributed by atoms with Crippen molar-refractivity contribution >= 4 is 11.6 Å². The Balaban J connectivity index is 1.90. The summed E-state index contributed by atoms with van der Waals surface area (Å²) in [5.41, 5.74) is 8.61. The molecule has 0 saturated carbocycles. The largest absolute Gasteiger partial charge is 0.370 e. The molecule has 100 valence electrons. The third-order valence-corrected chi connectivity index (χ3v) is 4.25. The van der Waals surface area contributed by atoms with Crippen molar-refractivity contribution in [2.24, 2.45) is 16.6 Å². The summed E-state index contributed by atoms with van der Waals surface area (Å²) >= 11 is 0. The summed E-state index contributed by atoms with van der Waals surface area (Å²) in [5.74, 6) is 1.34. The van der Waals surface area contributed by atoms with Gasteiger partial charge in [0.15, 0.2) is 5.96 Å². The maximum Gasteiger partial charge on any atom is 0.196 e. The molecule has 2 unspecified atom stereocenters. The number of nitrogens with zero attached hydrogens (tertiary/aromatic N) is 2. The van der Waals surface area contributed by atoms with Gasteiger partial charge in [0.05, 0.1) is 12.6 Å². The van der Waals surface area contributed by atoms with Crippen molar-refractivity contribution in [1.29, 1.82) is 0 Å². The van der Waals surface area contributed by atoms with E-state index in [9.17, 15) is 0 Å². The number of anilines is 1. The van der Waals surface area contributed by atoms with Crippen LogP contribution in [0.25, 0.3) is 0 Å². The van der Waals surface area contributed by atoms with Crippen molar-refractivity contribution in [2.75, 3.05) is 11.4 Å². The molecule has 19 heavy (non-hydrogen) atoms. The minimum absolute atomic E-state index is 0.422. The van der Waals surface area contributed by atoms with E-state index in [-0.39, 0.29) is 0 Å². The van der Waals surface area contributed by atoms with Crippen molar-refractivity contribution in [2.45, 2.75) is 32.2 Å². The first-order valence-corrected chi connectivity index (χ1v) is 7.07. The minimum atomic E-state index is 0.422. The van der Waals surface area contributed by atoms with Gasteiger partial charge in [0.2, 0.25) is 0 Å². The Morgan fingerprint density at radius 3 is 2.84 bits per heavy atom. The average molecular weight is 255 g/mol. The number of allylic oxidation sites excluding steroid dienone is 2. The van der Waals surface area contributed by atoms with E-state index in [0.29, 0.717) is 17.9 Å². The lowest BCUT2D eigenvalue weighted by atomic mass is 9.87. The van der Waals surface area contributed by atoms with Crippen LogP contribution in [0.15, 0.2) is 41.4 Å². The van der Waals surface area contributed by atoms with Gasteiger partial charge >= 0.3 is 0 Å². The lowest BCUT2D eigenvalue weighted by molar-refractivity contribution is 0.403. The van der Waals surface area contributed by atoms with Crippen molar-refractivity contribution in [1.82, 2.24) is 0 Å². The number of para-hydroxylation sites is 1. The summed E-state index contributed by atoms with van der Waals surface area (Å²) in [6.07, 6.45) is 8.16. The number of aryl methyl sites for hydroxylation is 1. The van der Waals surface area contributed by atoms with Crippen LogP contribution < -0.4 is 10.6 Å². The summed E-state index contributed by atoms with van der Waals surface area (Å²) < 4.78 is 0. The molecule has 0 saturated heterocycles. The lowest BCUT2D eigenvalue weighted by Crippen LogP contribution is -2.45. The van der Waals surface area contributed by atoms with Crippen LogP contribution in [0, 0.1) is 12.8 Å². The van der Waals surface area contributed by atoms with Gasteiger partial charge in [-0.05, 0) is 43.7 Å². The maximum atomic E-state index is 6.13. The molecule has 0 amide bonds. The molecule has 1 aliphatic carbocycles. The van der Waals surface area contributed by atoms with E-state index < -0.39 is 0 Å². The molecule has 2 N–H and O–H groups in total. The van der Waals surface area contributed by atoms with E-state index in [1.807, 2.05) is 0 Å². The molecule has 0 radical (unpaired) electrons. The fourth-order valence-electron chi connectivity index (χ4n) is 3.18. The van der Waals surface area contributed by atoms with Gasteiger partial charge in [-0.25, -0.2) is 0 Å². The highest BCUT2D eigenvalue weighted by Gasteiger charge is 2.34. The van der Waals surface area contributed by atoms with E-state index in [2.05, 4.69) is 53.2 Å². The summed E-state index contributed by atoms with van der Waals surface area (Å²) in [6, 6.07) is 8.85. The summed E-state index contributed by atoms with van der Waals surface area (Å²) in [4.78, 5) is 6.74. The zero-order valence-corrected chi connectivity index (χ0v) is 11.4. The quantitative estimate of drug-likeness (QED) is 0.826. The topological polar surface area (TPSA) is 41.6 Å². The lowest BCUT2D eigenvalue weighted by Gasteiger charge is -2.34. The molecule has 3 heteroatoms. The van der Waals surface area contributed by atoms with Gasteiger partial charge in [-0.3, -0.25) is 4.99 Å². The fourth-order valence-corrected chi connectivity index (χ4v) is 3.18. The van der Waals surface area contributed by atoms with Gasteiger partial charge in [-0.2, -0.15) is 0 Å². The zero-order valence-electron chi connectivity index (χ0n) is 11.4. The molecule has 2 aliphatic rings. The van der Waals surface area contributed by atoms with Crippen molar-refractivity contribution in [3.05, 3.63) is 42.0 Å². The Morgan fingerprint density at radius 1 is 1.26 bits per heavy atom. The molecule has 1 aliphatic heterocycles. The molecule has 0 bridgehead atoms. The number of benzene rings is 1. The summed E-state index contributed by atoms with van der Waals surface area (Å²) in [5, 5.41) is 0. The highest BCUT2D eigenvalue weighted by Crippen LogP contribution is 2.32. The normalized spacial score (nSPS) is 26.6.